The number of ether oxygens (including phenoxy) is 2. The minimum Gasteiger partial charge on any atom is -0.493 e. The molecule has 238 valence electrons. The third-order valence-electron chi connectivity index (χ3n) is 7.66. The molecule has 47 heavy (non-hydrogen) atoms. The van der Waals surface area contributed by atoms with Crippen molar-refractivity contribution < 1.29 is 29.4 Å². The van der Waals surface area contributed by atoms with Crippen molar-refractivity contribution in [1.82, 2.24) is 5.32 Å². The van der Waals surface area contributed by atoms with Crippen molar-refractivity contribution in [1.29, 1.82) is 0 Å². The van der Waals surface area contributed by atoms with Crippen LogP contribution in [0.5, 0.6) is 11.5 Å². The van der Waals surface area contributed by atoms with E-state index in [1.165, 1.54) is 7.11 Å². The summed E-state index contributed by atoms with van der Waals surface area (Å²) in [5, 5.41) is 29.0. The van der Waals surface area contributed by atoms with E-state index >= 15 is 0 Å². The zero-order chi connectivity index (χ0) is 33.2. The fourth-order valence-electron chi connectivity index (χ4n) is 5.22. The Morgan fingerprint density at radius 1 is 0.809 bits per heavy atom. The number of amidine groups is 1. The summed E-state index contributed by atoms with van der Waals surface area (Å²) in [5.41, 5.74) is 7.00. The topological polar surface area (TPSA) is 155 Å². The number of carbonyl (C=O) groups is 2. The third kappa shape index (κ3) is 7.18. The number of amides is 1. The number of oxime groups is 1. The molecule has 5 rings (SSSR count). The molecular weight excluding hydrogens is 596 g/mol. The molecule has 0 heterocycles. The van der Waals surface area contributed by atoms with Crippen LogP contribution < -0.4 is 25.8 Å². The molecule has 0 spiro atoms. The van der Waals surface area contributed by atoms with Crippen LogP contribution in [-0.4, -0.2) is 35.1 Å². The van der Waals surface area contributed by atoms with E-state index in [1.807, 2.05) is 30.3 Å². The second kappa shape index (κ2) is 14.7. The number of hydrogen-bond donors (Lipinski definition) is 5. The summed E-state index contributed by atoms with van der Waals surface area (Å²) in [5.74, 6) is -1.10. The molecular formula is C37H34N4O6. The first-order valence-corrected chi connectivity index (χ1v) is 14.7. The molecule has 1 atom stereocenters. The highest BCUT2D eigenvalue weighted by Gasteiger charge is 2.45. The lowest BCUT2D eigenvalue weighted by atomic mass is 9.82. The van der Waals surface area contributed by atoms with Crippen LogP contribution in [0.2, 0.25) is 0 Å². The number of carboxylic acid groups (broad SMARTS) is 1. The lowest BCUT2D eigenvalue weighted by Gasteiger charge is -2.33. The molecule has 5 aromatic rings. The average Bonchev–Trinajstić information content (AvgIpc) is 3.12. The SMILES string of the molecule is COc1cc(C(Nc2ccc(/C(N)=N/O)cc2)C(=O)NC(C(=O)O)(c2ccccc2)c2ccccc2)ccc1OCc1ccccc1. The molecule has 0 aliphatic rings. The Kier molecular flexibility index (Phi) is 10.0. The second-order valence-corrected chi connectivity index (χ2v) is 10.6. The summed E-state index contributed by atoms with van der Waals surface area (Å²) >= 11 is 0. The maximum absolute atomic E-state index is 14.5. The first kappa shape index (κ1) is 32.1. The van der Waals surface area contributed by atoms with E-state index in [0.29, 0.717) is 46.0 Å². The number of carboxylic acids is 1. The van der Waals surface area contributed by atoms with Crippen LogP contribution in [0.3, 0.4) is 0 Å². The highest BCUT2D eigenvalue weighted by atomic mass is 16.5. The predicted octanol–water partition coefficient (Wildman–Crippen LogP) is 5.67. The molecule has 0 radical (unpaired) electrons. The van der Waals surface area contributed by atoms with Crippen LogP contribution in [0.15, 0.2) is 139 Å². The van der Waals surface area contributed by atoms with Crippen LogP contribution >= 0.6 is 0 Å². The van der Waals surface area contributed by atoms with Gasteiger partial charge in [0.05, 0.1) is 7.11 Å². The van der Waals surface area contributed by atoms with Crippen molar-refractivity contribution >= 4 is 23.4 Å². The van der Waals surface area contributed by atoms with Gasteiger partial charge < -0.3 is 36.2 Å². The van der Waals surface area contributed by atoms with E-state index in [2.05, 4.69) is 15.8 Å². The molecule has 0 bridgehead atoms. The first-order valence-electron chi connectivity index (χ1n) is 14.7. The van der Waals surface area contributed by atoms with Gasteiger partial charge in [-0.25, -0.2) is 4.79 Å². The van der Waals surface area contributed by atoms with Gasteiger partial charge in [0.1, 0.15) is 12.6 Å². The van der Waals surface area contributed by atoms with Crippen molar-refractivity contribution in [2.75, 3.05) is 12.4 Å². The zero-order valence-electron chi connectivity index (χ0n) is 25.5. The molecule has 1 unspecified atom stereocenters. The van der Waals surface area contributed by atoms with Gasteiger partial charge in [0.15, 0.2) is 22.9 Å². The van der Waals surface area contributed by atoms with Crippen LogP contribution in [0.4, 0.5) is 5.69 Å². The van der Waals surface area contributed by atoms with E-state index in [0.717, 1.165) is 5.56 Å². The van der Waals surface area contributed by atoms with E-state index < -0.39 is 23.5 Å². The lowest BCUT2D eigenvalue weighted by molar-refractivity contribution is -0.146. The Hall–Kier alpha value is -6.29. The molecule has 0 aromatic heterocycles. The highest BCUT2D eigenvalue weighted by Crippen LogP contribution is 2.35. The number of carbonyl (C=O) groups excluding carboxylic acids is 1. The van der Waals surface area contributed by atoms with Gasteiger partial charge in [-0.3, -0.25) is 4.79 Å². The molecule has 10 heteroatoms. The van der Waals surface area contributed by atoms with Crippen LogP contribution in [-0.2, 0) is 21.7 Å². The highest BCUT2D eigenvalue weighted by molar-refractivity contribution is 5.97. The molecule has 0 saturated carbocycles. The normalized spacial score (nSPS) is 12.1. The van der Waals surface area contributed by atoms with Gasteiger partial charge in [-0.05, 0) is 58.7 Å². The number of anilines is 1. The Labute approximate surface area is 272 Å². The Balaban J connectivity index is 1.55. The van der Waals surface area contributed by atoms with Gasteiger partial charge in [-0.1, -0.05) is 102 Å². The number of nitrogens with one attached hydrogen (secondary N) is 2. The Morgan fingerprint density at radius 2 is 1.38 bits per heavy atom. The molecule has 1 amide bonds. The summed E-state index contributed by atoms with van der Waals surface area (Å²) < 4.78 is 11.7. The standard InChI is InChI=1S/C37H34N4O6/c1-46-32-23-27(19-22-31(32)47-24-25-11-5-2-6-12-25)33(39-30-20-17-26(18-21-30)34(38)41-45)35(42)40-37(36(43)44,28-13-7-3-8-14-28)29-15-9-4-10-16-29/h2-23,33,39,45H,24H2,1H3,(H2,38,41)(H,40,42)(H,43,44). The fourth-order valence-corrected chi connectivity index (χ4v) is 5.22. The van der Waals surface area contributed by atoms with E-state index in [-0.39, 0.29) is 5.84 Å². The summed E-state index contributed by atoms with van der Waals surface area (Å²) in [4.78, 5) is 27.7. The smallest absolute Gasteiger partial charge is 0.338 e. The number of methoxy groups -OCH3 is 1. The average molecular weight is 631 g/mol. The van der Waals surface area contributed by atoms with Crippen LogP contribution in [0.25, 0.3) is 0 Å². The summed E-state index contributed by atoms with van der Waals surface area (Å²) in [6.07, 6.45) is 0. The Bertz CT molecular complexity index is 1790. The molecule has 5 aromatic carbocycles. The predicted molar refractivity (Wildman–Crippen MR) is 179 cm³/mol. The van der Waals surface area contributed by atoms with E-state index in [9.17, 15) is 14.7 Å². The lowest BCUT2D eigenvalue weighted by Crippen LogP contribution is -2.54. The molecule has 0 aliphatic carbocycles. The van der Waals surface area contributed by atoms with E-state index in [1.54, 1.807) is 103 Å². The number of aliphatic carboxylic acids is 1. The minimum atomic E-state index is -1.92. The first-order chi connectivity index (χ1) is 22.8. The van der Waals surface area contributed by atoms with Gasteiger partial charge in [0.25, 0.3) is 0 Å². The van der Waals surface area contributed by atoms with Gasteiger partial charge in [0, 0.05) is 11.3 Å². The number of nitrogens with two attached hydrogens (primary N) is 1. The zero-order valence-corrected chi connectivity index (χ0v) is 25.5. The van der Waals surface area contributed by atoms with Crippen molar-refractivity contribution in [3.8, 4) is 11.5 Å². The largest absolute Gasteiger partial charge is 0.493 e. The Morgan fingerprint density at radius 3 is 1.91 bits per heavy atom. The molecule has 6 N–H and O–H groups in total. The summed E-state index contributed by atoms with van der Waals surface area (Å²) in [7, 11) is 1.50. The molecule has 0 fully saturated rings. The van der Waals surface area contributed by atoms with Crippen molar-refractivity contribution in [2.24, 2.45) is 10.9 Å². The summed E-state index contributed by atoms with van der Waals surface area (Å²) in [6, 6.07) is 37.4. The van der Waals surface area contributed by atoms with Crippen LogP contribution in [0.1, 0.15) is 33.9 Å². The van der Waals surface area contributed by atoms with Gasteiger partial charge in [-0.2, -0.15) is 0 Å². The van der Waals surface area contributed by atoms with E-state index in [4.69, 9.17) is 20.4 Å². The van der Waals surface area contributed by atoms with Gasteiger partial charge in [0.2, 0.25) is 5.91 Å². The maximum atomic E-state index is 14.5. The van der Waals surface area contributed by atoms with Gasteiger partial charge in [-0.15, -0.1) is 0 Å². The third-order valence-corrected chi connectivity index (χ3v) is 7.66. The second-order valence-electron chi connectivity index (χ2n) is 10.6. The van der Waals surface area contributed by atoms with Crippen molar-refractivity contribution in [3.63, 3.8) is 0 Å². The number of rotatable bonds is 13. The number of hydrogen-bond acceptors (Lipinski definition) is 7. The van der Waals surface area contributed by atoms with Crippen LogP contribution in [0, 0.1) is 0 Å². The van der Waals surface area contributed by atoms with Crippen molar-refractivity contribution in [3.05, 3.63) is 161 Å². The molecule has 0 saturated heterocycles. The fraction of sp³-hybridized carbons (Fsp3) is 0.108. The maximum Gasteiger partial charge on any atom is 0.338 e. The van der Waals surface area contributed by atoms with Gasteiger partial charge >= 0.3 is 5.97 Å². The number of benzene rings is 5. The summed E-state index contributed by atoms with van der Waals surface area (Å²) in [6.45, 7) is 0.306. The minimum absolute atomic E-state index is 0.0707. The molecule has 10 nitrogen and oxygen atoms in total. The molecule has 0 aliphatic heterocycles. The number of nitrogens with zero attached hydrogens (tertiary/aromatic N) is 1. The monoisotopic (exact) mass is 630 g/mol. The van der Waals surface area contributed by atoms with Crippen molar-refractivity contribution in [2.45, 2.75) is 18.2 Å². The quantitative estimate of drug-likeness (QED) is 0.0483.